The zero-order valence-electron chi connectivity index (χ0n) is 16.6. The van der Waals surface area contributed by atoms with Gasteiger partial charge in [-0.1, -0.05) is 9.84 Å². The second kappa shape index (κ2) is 9.51. The average Bonchev–Trinajstić information content (AvgIpc) is 3.22. The fourth-order valence-corrected chi connectivity index (χ4v) is 3.23. The van der Waals surface area contributed by atoms with Crippen LogP contribution in [0.1, 0.15) is 11.5 Å². The van der Waals surface area contributed by atoms with Gasteiger partial charge in [-0.15, -0.1) is 15.2 Å². The highest BCUT2D eigenvalue weighted by molar-refractivity contribution is 7.92. The van der Waals surface area contributed by atoms with Gasteiger partial charge in [-0.3, -0.25) is 15.9 Å². The van der Waals surface area contributed by atoms with Crippen molar-refractivity contribution >= 4 is 33.2 Å². The number of hydrogen-bond acceptors (Lipinski definition) is 9. The van der Waals surface area contributed by atoms with E-state index in [1.54, 1.807) is 13.8 Å². The molecule has 32 heavy (non-hydrogen) atoms. The third-order valence-electron chi connectivity index (χ3n) is 3.58. The van der Waals surface area contributed by atoms with Crippen molar-refractivity contribution in [3.05, 3.63) is 62.3 Å². The van der Waals surface area contributed by atoms with E-state index < -0.39 is 20.7 Å². The second-order valence-electron chi connectivity index (χ2n) is 6.01. The summed E-state index contributed by atoms with van der Waals surface area (Å²) in [5, 5.41) is 33.1. The first-order valence-corrected chi connectivity index (χ1v) is 9.90. The van der Waals surface area contributed by atoms with Crippen molar-refractivity contribution in [1.29, 1.82) is 0 Å². The molecule has 0 aliphatic carbocycles. The maximum absolute atomic E-state index is 12.3. The van der Waals surface area contributed by atoms with Gasteiger partial charge >= 0.3 is 11.5 Å². The largest absolute Gasteiger partial charge is 0.371 e. The van der Waals surface area contributed by atoms with Crippen LogP contribution in [0.15, 0.2) is 54.8 Å². The monoisotopic (exact) mass is 468 g/mol. The molecule has 0 spiro atoms. The molecule has 0 aliphatic rings. The standard InChI is InChI=1S/C15H16N8O4S.HNO3/c1-8-7-12(21-27-8)22-28(25,26)11-5-3-10(4-6-11)18-19-13-9(2)20-23(14(13)24)15(16)17;2-1(3)4/h3-7,20H,1-2H3,(H3,16,17)(H,21,22);(H,2,3,4)/p+1. The van der Waals surface area contributed by atoms with E-state index >= 15 is 0 Å². The number of anilines is 1. The topological polar surface area (TPSA) is 250 Å². The number of hydrogen-bond donors (Lipinski definition) is 5. The first-order valence-electron chi connectivity index (χ1n) is 8.42. The molecule has 0 unspecified atom stereocenters. The molecule has 0 saturated carbocycles. The molecule has 3 aromatic rings. The first-order chi connectivity index (χ1) is 14.9. The quantitative estimate of drug-likeness (QED) is 0.107. The highest BCUT2D eigenvalue weighted by atomic mass is 32.2. The Bertz CT molecular complexity index is 1320. The van der Waals surface area contributed by atoms with Crippen LogP contribution < -0.4 is 21.4 Å². The van der Waals surface area contributed by atoms with Crippen molar-refractivity contribution in [3.63, 3.8) is 0 Å². The number of azo groups is 1. The Morgan fingerprint density at radius 2 is 1.94 bits per heavy atom. The molecule has 0 aliphatic heterocycles. The summed E-state index contributed by atoms with van der Waals surface area (Å²) in [6, 6.07) is 7.03. The van der Waals surface area contributed by atoms with Gasteiger partial charge in [0.2, 0.25) is 0 Å². The number of benzene rings is 1. The molecular formula is C15H18N9O7S+. The molecule has 2 aromatic heterocycles. The lowest BCUT2D eigenvalue weighted by Gasteiger charge is -2.04. The lowest BCUT2D eigenvalue weighted by atomic mass is 10.3. The lowest BCUT2D eigenvalue weighted by Crippen LogP contribution is -2.53. The van der Waals surface area contributed by atoms with Crippen molar-refractivity contribution in [2.45, 2.75) is 18.7 Å². The number of aromatic amines is 1. The molecule has 0 saturated heterocycles. The van der Waals surface area contributed by atoms with E-state index in [9.17, 15) is 13.2 Å². The van der Waals surface area contributed by atoms with Crippen LogP contribution >= 0.6 is 0 Å². The van der Waals surface area contributed by atoms with Crippen LogP contribution in [-0.2, 0) is 10.0 Å². The summed E-state index contributed by atoms with van der Waals surface area (Å²) in [5.74, 6) is 0.330. The maximum Gasteiger partial charge on any atom is 0.371 e. The minimum atomic E-state index is -3.84. The first kappa shape index (κ1) is 23.7. The molecule has 0 bridgehead atoms. The van der Waals surface area contributed by atoms with Gasteiger partial charge in [0.25, 0.3) is 15.1 Å². The van der Waals surface area contributed by atoms with Crippen LogP contribution in [-0.4, -0.2) is 39.6 Å². The van der Waals surface area contributed by atoms with Crippen molar-refractivity contribution in [2.75, 3.05) is 4.72 Å². The molecule has 16 nitrogen and oxygen atoms in total. The van der Waals surface area contributed by atoms with Crippen LogP contribution in [0.3, 0.4) is 0 Å². The minimum Gasteiger partial charge on any atom is -0.360 e. The van der Waals surface area contributed by atoms with E-state index in [-0.39, 0.29) is 22.4 Å². The molecule has 17 heteroatoms. The van der Waals surface area contributed by atoms with Crippen LogP contribution in [0.4, 0.5) is 17.2 Å². The maximum atomic E-state index is 12.3. The van der Waals surface area contributed by atoms with Gasteiger partial charge in [-0.05, 0) is 38.1 Å². The van der Waals surface area contributed by atoms with Gasteiger partial charge in [0.15, 0.2) is 11.5 Å². The van der Waals surface area contributed by atoms with E-state index in [0.717, 1.165) is 4.68 Å². The van der Waals surface area contributed by atoms with Gasteiger partial charge in [-0.2, -0.15) is 5.11 Å². The molecule has 0 radical (unpaired) electrons. The summed E-state index contributed by atoms with van der Waals surface area (Å²) >= 11 is 0. The predicted octanol–water partition coefficient (Wildman–Crippen LogP) is -0.428. The predicted molar refractivity (Wildman–Crippen MR) is 108 cm³/mol. The molecule has 7 N–H and O–H groups in total. The Labute approximate surface area is 179 Å². The SMILES string of the molecule is Cc1cc(NS(=O)(=O)c2ccc(N=Nc3c(C)[nH]n(C(N)=[NH2+])c3=O)cc2)no1.O=[N+]([O-])O. The summed E-state index contributed by atoms with van der Waals surface area (Å²) in [7, 11) is -3.84. The molecule has 2 heterocycles. The van der Waals surface area contributed by atoms with Gasteiger partial charge in [0, 0.05) is 6.07 Å². The summed E-state index contributed by atoms with van der Waals surface area (Å²) < 4.78 is 32.7. The Morgan fingerprint density at radius 1 is 1.34 bits per heavy atom. The van der Waals surface area contributed by atoms with Crippen LogP contribution in [0.25, 0.3) is 0 Å². The van der Waals surface area contributed by atoms with Crippen molar-refractivity contribution in [3.8, 4) is 0 Å². The van der Waals surface area contributed by atoms with E-state index in [1.165, 1.54) is 30.3 Å². The van der Waals surface area contributed by atoms with Gasteiger partial charge < -0.3 is 9.73 Å². The molecule has 1 aromatic carbocycles. The molecular weight excluding hydrogens is 450 g/mol. The van der Waals surface area contributed by atoms with E-state index in [1.807, 2.05) is 0 Å². The number of nitrogens with two attached hydrogens (primary N) is 2. The third kappa shape index (κ3) is 5.98. The van der Waals surface area contributed by atoms with Gasteiger partial charge in [0.05, 0.1) is 16.3 Å². The zero-order chi connectivity index (χ0) is 24.1. The number of nitrogens with one attached hydrogen (secondary N) is 2. The molecule has 0 fully saturated rings. The van der Waals surface area contributed by atoms with E-state index in [4.69, 9.17) is 31.0 Å². The molecule has 170 valence electrons. The number of aryl methyl sites for hydroxylation is 2. The van der Waals surface area contributed by atoms with Crippen molar-refractivity contribution in [1.82, 2.24) is 14.9 Å². The van der Waals surface area contributed by atoms with Gasteiger partial charge in [0.1, 0.15) is 5.76 Å². The van der Waals surface area contributed by atoms with Crippen molar-refractivity contribution < 1.29 is 28.6 Å². The number of aromatic nitrogens is 3. The van der Waals surface area contributed by atoms with Crippen LogP contribution in [0.2, 0.25) is 0 Å². The summed E-state index contributed by atoms with van der Waals surface area (Å²) in [6.45, 7) is 3.26. The van der Waals surface area contributed by atoms with E-state index in [2.05, 4.69) is 25.2 Å². The molecule has 3 rings (SSSR count). The number of H-pyrrole nitrogens is 1. The highest BCUT2D eigenvalue weighted by Gasteiger charge is 2.18. The number of rotatable bonds is 5. The fourth-order valence-electron chi connectivity index (χ4n) is 2.25. The van der Waals surface area contributed by atoms with Gasteiger partial charge in [-0.25, -0.2) is 18.3 Å². The number of nitrogens with zero attached hydrogens (tertiary/aromatic N) is 5. The normalized spacial score (nSPS) is 11.1. The molecule has 0 atom stereocenters. The lowest BCUT2D eigenvalue weighted by molar-refractivity contribution is -0.742. The summed E-state index contributed by atoms with van der Waals surface area (Å²) in [4.78, 5) is 20.5. The highest BCUT2D eigenvalue weighted by Crippen LogP contribution is 2.21. The Hall–Kier alpha value is -4.54. The van der Waals surface area contributed by atoms with Crippen LogP contribution in [0, 0.1) is 24.0 Å². The minimum absolute atomic E-state index is 0.00205. The summed E-state index contributed by atoms with van der Waals surface area (Å²) in [6.07, 6.45) is 0. The molecule has 0 amide bonds. The van der Waals surface area contributed by atoms with Crippen molar-refractivity contribution in [2.24, 2.45) is 16.0 Å². The van der Waals surface area contributed by atoms with E-state index in [0.29, 0.717) is 17.1 Å². The Balaban J connectivity index is 0.000000837. The average molecular weight is 468 g/mol. The summed E-state index contributed by atoms with van der Waals surface area (Å²) in [5.41, 5.74) is 5.65. The zero-order valence-corrected chi connectivity index (χ0v) is 17.4. The second-order valence-corrected chi connectivity index (χ2v) is 7.69. The third-order valence-corrected chi connectivity index (χ3v) is 4.95. The Kier molecular flexibility index (Phi) is 7.06. The van der Waals surface area contributed by atoms with Crippen LogP contribution in [0.5, 0.6) is 0 Å². The fraction of sp³-hybridized carbons (Fsp3) is 0.133. The number of sulfonamides is 1. The smallest absolute Gasteiger partial charge is 0.360 e. The Morgan fingerprint density at radius 3 is 2.41 bits per heavy atom.